The number of hydrogen-bond donors (Lipinski definition) is 9. The topological polar surface area (TPSA) is 255 Å². The maximum absolute atomic E-state index is 13.0. The molecule has 0 aliphatic rings. The van der Waals surface area contributed by atoms with Gasteiger partial charge in [-0.25, -0.2) is 4.79 Å². The Balaban J connectivity index is 2.86. The van der Waals surface area contributed by atoms with Crippen LogP contribution in [0.2, 0.25) is 0 Å². The van der Waals surface area contributed by atoms with Gasteiger partial charge < -0.3 is 48.5 Å². The number of carboxylic acid groups (broad SMARTS) is 1. The zero-order valence-electron chi connectivity index (χ0n) is 21.6. The average Bonchev–Trinajstić information content (AvgIpc) is 2.87. The predicted octanol–water partition coefficient (Wildman–Crippen LogP) is -2.11. The first kappa shape index (κ1) is 32.1. The van der Waals surface area contributed by atoms with Gasteiger partial charge in [-0.15, -0.1) is 0 Å². The van der Waals surface area contributed by atoms with Crippen LogP contribution in [-0.2, 0) is 25.6 Å². The second-order valence-corrected chi connectivity index (χ2v) is 8.94. The minimum absolute atomic E-state index is 0.0154. The number of nitrogens with one attached hydrogen (secondary N) is 3. The molecule has 0 saturated heterocycles. The van der Waals surface area contributed by atoms with Crippen molar-refractivity contribution in [1.29, 1.82) is 0 Å². The third-order valence-electron chi connectivity index (χ3n) is 5.90. The van der Waals surface area contributed by atoms with Crippen LogP contribution >= 0.6 is 0 Å². The highest BCUT2D eigenvalue weighted by molar-refractivity contribution is 5.94. The van der Waals surface area contributed by atoms with Gasteiger partial charge in [0.1, 0.15) is 23.9 Å². The van der Waals surface area contributed by atoms with Crippen molar-refractivity contribution in [2.45, 2.75) is 63.7 Å². The van der Waals surface area contributed by atoms with Gasteiger partial charge in [0.2, 0.25) is 17.7 Å². The van der Waals surface area contributed by atoms with E-state index in [9.17, 15) is 34.5 Å². The molecule has 0 bridgehead atoms. The number of carbonyl (C=O) groups excluding carboxylic acids is 3. The van der Waals surface area contributed by atoms with E-state index in [4.69, 9.17) is 17.2 Å². The first-order chi connectivity index (χ1) is 17.9. The molecule has 5 unspecified atom stereocenters. The van der Waals surface area contributed by atoms with E-state index in [1.807, 2.05) is 0 Å². The average molecular weight is 538 g/mol. The first-order valence-corrected chi connectivity index (χ1v) is 12.2. The molecule has 0 aliphatic carbocycles. The number of hydrogen-bond acceptors (Lipinski definition) is 8. The van der Waals surface area contributed by atoms with Crippen LogP contribution in [0.4, 0.5) is 0 Å². The van der Waals surface area contributed by atoms with Gasteiger partial charge in [0, 0.05) is 13.0 Å². The molecule has 1 aromatic carbocycles. The Morgan fingerprint density at radius 2 is 1.58 bits per heavy atom. The lowest BCUT2D eigenvalue weighted by Crippen LogP contribution is -2.59. The van der Waals surface area contributed by atoms with Gasteiger partial charge in [0.05, 0.1) is 12.6 Å². The summed E-state index contributed by atoms with van der Waals surface area (Å²) >= 11 is 0. The number of carboxylic acids is 1. The summed E-state index contributed by atoms with van der Waals surface area (Å²) < 4.78 is 0. The Morgan fingerprint density at radius 3 is 2.11 bits per heavy atom. The van der Waals surface area contributed by atoms with Gasteiger partial charge in [-0.05, 0) is 36.5 Å². The van der Waals surface area contributed by atoms with Crippen molar-refractivity contribution in [3.8, 4) is 5.75 Å². The number of aliphatic hydroxyl groups is 1. The molecule has 0 saturated carbocycles. The second-order valence-electron chi connectivity index (χ2n) is 8.94. The summed E-state index contributed by atoms with van der Waals surface area (Å²) in [6.07, 6.45) is 1.04. The van der Waals surface area contributed by atoms with Gasteiger partial charge >= 0.3 is 5.97 Å². The molecule has 3 amide bonds. The van der Waals surface area contributed by atoms with E-state index in [0.717, 1.165) is 0 Å². The number of phenolic OH excluding ortho intramolecular Hbond substituents is 1. The lowest BCUT2D eigenvalue weighted by atomic mass is 9.97. The number of benzene rings is 1. The van der Waals surface area contributed by atoms with Gasteiger partial charge in [0.15, 0.2) is 5.96 Å². The molecule has 38 heavy (non-hydrogen) atoms. The van der Waals surface area contributed by atoms with Crippen molar-refractivity contribution in [1.82, 2.24) is 16.0 Å². The molecule has 0 radical (unpaired) electrons. The number of nitrogens with zero attached hydrogens (tertiary/aromatic N) is 1. The fourth-order valence-corrected chi connectivity index (χ4v) is 3.41. The van der Waals surface area contributed by atoms with E-state index in [1.54, 1.807) is 13.8 Å². The van der Waals surface area contributed by atoms with Crippen molar-refractivity contribution < 1.29 is 34.5 Å². The highest BCUT2D eigenvalue weighted by Crippen LogP contribution is 2.13. The maximum Gasteiger partial charge on any atom is 0.326 e. The smallest absolute Gasteiger partial charge is 0.326 e. The Kier molecular flexibility index (Phi) is 13.6. The van der Waals surface area contributed by atoms with Gasteiger partial charge in [-0.3, -0.25) is 19.4 Å². The molecule has 1 aromatic rings. The number of amides is 3. The first-order valence-electron chi connectivity index (χ1n) is 12.2. The molecule has 1 rings (SSSR count). The number of aliphatic imine (C=N–C) groups is 1. The SMILES string of the molecule is CCC(C)C(NC(=O)C(CO)NC(=O)C(N)CCCN=C(N)N)C(=O)NC(Cc1ccc(O)cc1)C(=O)O. The third kappa shape index (κ3) is 11.0. The second kappa shape index (κ2) is 16.0. The van der Waals surface area contributed by atoms with Crippen molar-refractivity contribution >= 4 is 29.7 Å². The number of nitrogens with two attached hydrogens (primary N) is 3. The van der Waals surface area contributed by atoms with Crippen molar-refractivity contribution in [3.05, 3.63) is 29.8 Å². The van der Waals surface area contributed by atoms with Crippen molar-refractivity contribution in [2.75, 3.05) is 13.2 Å². The number of guanidine groups is 1. The fourth-order valence-electron chi connectivity index (χ4n) is 3.41. The van der Waals surface area contributed by atoms with Crippen LogP contribution in [0.3, 0.4) is 0 Å². The molecule has 212 valence electrons. The predicted molar refractivity (Wildman–Crippen MR) is 140 cm³/mol. The van der Waals surface area contributed by atoms with Crippen LogP contribution < -0.4 is 33.2 Å². The molecule has 14 nitrogen and oxygen atoms in total. The zero-order valence-corrected chi connectivity index (χ0v) is 21.6. The highest BCUT2D eigenvalue weighted by Gasteiger charge is 2.32. The minimum Gasteiger partial charge on any atom is -0.508 e. The van der Waals surface area contributed by atoms with Crippen molar-refractivity contribution in [3.63, 3.8) is 0 Å². The Morgan fingerprint density at radius 1 is 0.974 bits per heavy atom. The molecule has 12 N–H and O–H groups in total. The quantitative estimate of drug-likeness (QED) is 0.0630. The number of aliphatic carboxylic acids is 1. The van der Waals surface area contributed by atoms with Crippen molar-refractivity contribution in [2.24, 2.45) is 28.1 Å². The molecule has 0 spiro atoms. The fraction of sp³-hybridized carbons (Fsp3) is 0.542. The Bertz CT molecular complexity index is 967. The number of rotatable bonds is 16. The molecule has 14 heteroatoms. The molecule has 5 atom stereocenters. The summed E-state index contributed by atoms with van der Waals surface area (Å²) in [5.74, 6) is -4.02. The Hall–Kier alpha value is -3.91. The van der Waals surface area contributed by atoms with Crippen LogP contribution in [0.5, 0.6) is 5.75 Å². The van der Waals surface area contributed by atoms with E-state index in [-0.39, 0.29) is 31.1 Å². The monoisotopic (exact) mass is 537 g/mol. The Labute approximate surface area is 221 Å². The van der Waals surface area contributed by atoms with E-state index in [2.05, 4.69) is 20.9 Å². The van der Waals surface area contributed by atoms with Crippen LogP contribution in [0.15, 0.2) is 29.3 Å². The van der Waals surface area contributed by atoms with Gasteiger partial charge in [0.25, 0.3) is 0 Å². The largest absolute Gasteiger partial charge is 0.508 e. The molecule has 0 aromatic heterocycles. The van der Waals surface area contributed by atoms with E-state index in [1.165, 1.54) is 24.3 Å². The molecule has 0 aliphatic heterocycles. The lowest BCUT2D eigenvalue weighted by Gasteiger charge is -2.27. The van der Waals surface area contributed by atoms with E-state index < -0.39 is 60.4 Å². The summed E-state index contributed by atoms with van der Waals surface area (Å²) in [6, 6.07) is 1.04. The number of aliphatic hydroxyl groups excluding tert-OH is 1. The highest BCUT2D eigenvalue weighted by atomic mass is 16.4. The molecule has 0 heterocycles. The van der Waals surface area contributed by atoms with E-state index >= 15 is 0 Å². The van der Waals surface area contributed by atoms with Gasteiger partial charge in [-0.2, -0.15) is 0 Å². The number of carbonyl (C=O) groups is 4. The summed E-state index contributed by atoms with van der Waals surface area (Å²) in [5.41, 5.74) is 16.9. The molecular weight excluding hydrogens is 498 g/mol. The minimum atomic E-state index is -1.39. The van der Waals surface area contributed by atoms with E-state index in [0.29, 0.717) is 18.4 Å². The summed E-state index contributed by atoms with van der Waals surface area (Å²) in [4.78, 5) is 53.9. The summed E-state index contributed by atoms with van der Waals surface area (Å²) in [5, 5.41) is 36.0. The maximum atomic E-state index is 13.0. The third-order valence-corrected chi connectivity index (χ3v) is 5.90. The van der Waals surface area contributed by atoms with Crippen LogP contribution in [-0.4, -0.2) is 82.3 Å². The normalized spacial score (nSPS) is 14.7. The van der Waals surface area contributed by atoms with Crippen LogP contribution in [0.25, 0.3) is 0 Å². The van der Waals surface area contributed by atoms with Gasteiger partial charge in [-0.1, -0.05) is 32.4 Å². The standard InChI is InChI=1S/C24H39N7O7/c1-3-13(2)19(22(36)29-17(23(37)38)11-14-6-8-15(33)9-7-14)31-21(35)18(12-32)30-20(34)16(25)5-4-10-28-24(26)27/h6-9,13,16-19,32-33H,3-5,10-12,25H2,1-2H3,(H,29,36)(H,30,34)(H,31,35)(H,37,38)(H4,26,27,28). The lowest BCUT2D eigenvalue weighted by molar-refractivity contribution is -0.142. The number of aromatic hydroxyl groups is 1. The van der Waals surface area contributed by atoms with Crippen LogP contribution in [0, 0.1) is 5.92 Å². The number of phenols is 1. The summed E-state index contributed by atoms with van der Waals surface area (Å²) in [7, 11) is 0. The summed E-state index contributed by atoms with van der Waals surface area (Å²) in [6.45, 7) is 2.99. The molecular formula is C24H39N7O7. The van der Waals surface area contributed by atoms with Crippen LogP contribution in [0.1, 0.15) is 38.7 Å². The molecule has 0 fully saturated rings. The zero-order chi connectivity index (χ0) is 28.8.